The molecule has 3 heteroatoms. The summed E-state index contributed by atoms with van der Waals surface area (Å²) in [5.41, 5.74) is 1.17. The minimum absolute atomic E-state index is 0.0831. The average molecular weight is 246 g/mol. The predicted octanol–water partition coefficient (Wildman–Crippen LogP) is 3.00. The second-order valence-corrected chi connectivity index (χ2v) is 4.91. The van der Waals surface area contributed by atoms with Crippen molar-refractivity contribution in [2.45, 2.75) is 38.0 Å². The van der Waals surface area contributed by atoms with E-state index in [9.17, 15) is 9.59 Å². The first-order valence-electron chi connectivity index (χ1n) is 6.48. The largest absolute Gasteiger partial charge is 0.481 e. The molecule has 1 aliphatic carbocycles. The zero-order valence-electron chi connectivity index (χ0n) is 10.3. The molecule has 1 aromatic rings. The summed E-state index contributed by atoms with van der Waals surface area (Å²) in [6.07, 6.45) is 3.06. The van der Waals surface area contributed by atoms with Gasteiger partial charge in [-0.3, -0.25) is 9.59 Å². The van der Waals surface area contributed by atoms with Crippen LogP contribution in [0.5, 0.6) is 0 Å². The number of rotatable bonds is 4. The van der Waals surface area contributed by atoms with Crippen LogP contribution in [-0.2, 0) is 9.59 Å². The van der Waals surface area contributed by atoms with Crippen molar-refractivity contribution in [3.8, 4) is 0 Å². The Bertz CT molecular complexity index is 425. The fraction of sp³-hybridized carbons (Fsp3) is 0.467. The molecule has 0 radical (unpaired) electrons. The second kappa shape index (κ2) is 5.80. The van der Waals surface area contributed by atoms with Crippen LogP contribution < -0.4 is 0 Å². The molecule has 1 fully saturated rings. The first-order chi connectivity index (χ1) is 8.68. The third kappa shape index (κ3) is 2.97. The molecule has 0 bridgehead atoms. The van der Waals surface area contributed by atoms with Crippen molar-refractivity contribution >= 4 is 11.8 Å². The number of carboxylic acids is 1. The van der Waals surface area contributed by atoms with Crippen LogP contribution in [0.4, 0.5) is 0 Å². The van der Waals surface area contributed by atoms with Gasteiger partial charge in [0, 0.05) is 18.8 Å². The standard InChI is InChI=1S/C15H18O3/c16-14-8-4-7-12(11-5-2-1-3-6-11)13(14)9-10-15(17)18/h1-3,5-6,12-13H,4,7-10H2,(H,17,18). The molecule has 1 aromatic carbocycles. The summed E-state index contributed by atoms with van der Waals surface area (Å²) in [4.78, 5) is 22.7. The van der Waals surface area contributed by atoms with Crippen LogP contribution in [0.3, 0.4) is 0 Å². The van der Waals surface area contributed by atoms with Gasteiger partial charge in [-0.1, -0.05) is 30.3 Å². The molecule has 1 aliphatic rings. The fourth-order valence-corrected chi connectivity index (χ4v) is 2.85. The topological polar surface area (TPSA) is 54.4 Å². The maximum Gasteiger partial charge on any atom is 0.303 e. The highest BCUT2D eigenvalue weighted by atomic mass is 16.4. The van der Waals surface area contributed by atoms with Gasteiger partial charge in [0.1, 0.15) is 5.78 Å². The SMILES string of the molecule is O=C(O)CCC1C(=O)CCCC1c1ccccc1. The second-order valence-electron chi connectivity index (χ2n) is 4.91. The monoisotopic (exact) mass is 246 g/mol. The molecule has 0 saturated heterocycles. The summed E-state index contributed by atoms with van der Waals surface area (Å²) < 4.78 is 0. The Hall–Kier alpha value is -1.64. The Kier molecular flexibility index (Phi) is 4.13. The lowest BCUT2D eigenvalue weighted by atomic mass is 9.73. The van der Waals surface area contributed by atoms with E-state index in [1.165, 1.54) is 5.56 Å². The lowest BCUT2D eigenvalue weighted by Crippen LogP contribution is -2.27. The van der Waals surface area contributed by atoms with Crippen LogP contribution in [0.1, 0.15) is 43.6 Å². The number of benzene rings is 1. The Morgan fingerprint density at radius 3 is 2.67 bits per heavy atom. The van der Waals surface area contributed by atoms with Gasteiger partial charge in [-0.15, -0.1) is 0 Å². The van der Waals surface area contributed by atoms with E-state index >= 15 is 0 Å². The first kappa shape index (κ1) is 12.8. The van der Waals surface area contributed by atoms with Gasteiger partial charge < -0.3 is 5.11 Å². The third-order valence-corrected chi connectivity index (χ3v) is 3.73. The van der Waals surface area contributed by atoms with Gasteiger partial charge in [0.05, 0.1) is 0 Å². The number of hydrogen-bond donors (Lipinski definition) is 1. The van der Waals surface area contributed by atoms with Crippen LogP contribution in [0, 0.1) is 5.92 Å². The lowest BCUT2D eigenvalue weighted by molar-refractivity contribution is -0.137. The Balaban J connectivity index is 2.15. The minimum Gasteiger partial charge on any atom is -0.481 e. The van der Waals surface area contributed by atoms with E-state index in [0.717, 1.165) is 12.8 Å². The number of ketones is 1. The van der Waals surface area contributed by atoms with E-state index in [4.69, 9.17) is 5.11 Å². The molecular formula is C15H18O3. The number of carbonyl (C=O) groups excluding carboxylic acids is 1. The van der Waals surface area contributed by atoms with Crippen LogP contribution in [0.2, 0.25) is 0 Å². The normalized spacial score (nSPS) is 23.9. The van der Waals surface area contributed by atoms with Crippen molar-refractivity contribution in [3.05, 3.63) is 35.9 Å². The van der Waals surface area contributed by atoms with Gasteiger partial charge >= 0.3 is 5.97 Å². The van der Waals surface area contributed by atoms with Gasteiger partial charge in [0.15, 0.2) is 0 Å². The van der Waals surface area contributed by atoms with Gasteiger partial charge in [0.2, 0.25) is 0 Å². The molecule has 96 valence electrons. The maximum atomic E-state index is 12.0. The molecule has 0 spiro atoms. The molecule has 0 aliphatic heterocycles. The molecule has 0 aromatic heterocycles. The fourth-order valence-electron chi connectivity index (χ4n) is 2.85. The van der Waals surface area contributed by atoms with Crippen molar-refractivity contribution in [2.24, 2.45) is 5.92 Å². The van der Waals surface area contributed by atoms with Gasteiger partial charge in [-0.2, -0.15) is 0 Å². The number of Topliss-reactive ketones (excluding diaryl/α,β-unsaturated/α-hetero) is 1. The summed E-state index contributed by atoms with van der Waals surface area (Å²) in [5, 5.41) is 8.78. The lowest BCUT2D eigenvalue weighted by Gasteiger charge is -2.30. The van der Waals surface area contributed by atoms with Crippen LogP contribution in [0.15, 0.2) is 30.3 Å². The van der Waals surface area contributed by atoms with Gasteiger partial charge in [-0.25, -0.2) is 0 Å². The summed E-state index contributed by atoms with van der Waals surface area (Å²) in [7, 11) is 0. The molecular weight excluding hydrogens is 228 g/mol. The van der Waals surface area contributed by atoms with Crippen molar-refractivity contribution in [3.63, 3.8) is 0 Å². The minimum atomic E-state index is -0.819. The molecule has 0 heterocycles. The predicted molar refractivity (Wildman–Crippen MR) is 68.4 cm³/mol. The number of hydrogen-bond acceptors (Lipinski definition) is 2. The zero-order valence-corrected chi connectivity index (χ0v) is 10.3. The van der Waals surface area contributed by atoms with E-state index in [0.29, 0.717) is 12.8 Å². The smallest absolute Gasteiger partial charge is 0.303 e. The zero-order chi connectivity index (χ0) is 13.0. The maximum absolute atomic E-state index is 12.0. The Labute approximate surface area is 107 Å². The Morgan fingerprint density at radius 2 is 2.00 bits per heavy atom. The van der Waals surface area contributed by atoms with E-state index in [2.05, 4.69) is 0 Å². The summed E-state index contributed by atoms with van der Waals surface area (Å²) in [5.74, 6) is -0.499. The quantitative estimate of drug-likeness (QED) is 0.888. The first-order valence-corrected chi connectivity index (χ1v) is 6.48. The number of aliphatic carboxylic acids is 1. The number of carbonyl (C=O) groups is 2. The molecule has 1 N–H and O–H groups in total. The Morgan fingerprint density at radius 1 is 1.28 bits per heavy atom. The highest BCUT2D eigenvalue weighted by molar-refractivity contribution is 5.83. The molecule has 0 amide bonds. The average Bonchev–Trinajstić information content (AvgIpc) is 2.38. The van der Waals surface area contributed by atoms with Crippen LogP contribution in [0.25, 0.3) is 0 Å². The van der Waals surface area contributed by atoms with E-state index in [1.54, 1.807) is 0 Å². The molecule has 2 rings (SSSR count). The van der Waals surface area contributed by atoms with E-state index < -0.39 is 5.97 Å². The summed E-state index contributed by atoms with van der Waals surface area (Å²) in [6.45, 7) is 0. The molecule has 2 atom stereocenters. The van der Waals surface area contributed by atoms with Crippen LogP contribution >= 0.6 is 0 Å². The van der Waals surface area contributed by atoms with Gasteiger partial charge in [0.25, 0.3) is 0 Å². The summed E-state index contributed by atoms with van der Waals surface area (Å²) >= 11 is 0. The van der Waals surface area contributed by atoms with Gasteiger partial charge in [-0.05, 0) is 30.7 Å². The molecule has 1 saturated carbocycles. The van der Waals surface area contributed by atoms with Crippen molar-refractivity contribution in [1.82, 2.24) is 0 Å². The third-order valence-electron chi connectivity index (χ3n) is 3.73. The van der Waals surface area contributed by atoms with Crippen molar-refractivity contribution < 1.29 is 14.7 Å². The number of carboxylic acid groups (broad SMARTS) is 1. The summed E-state index contributed by atoms with van der Waals surface area (Å²) in [6, 6.07) is 9.99. The van der Waals surface area contributed by atoms with Crippen LogP contribution in [-0.4, -0.2) is 16.9 Å². The van der Waals surface area contributed by atoms with Crippen molar-refractivity contribution in [2.75, 3.05) is 0 Å². The van der Waals surface area contributed by atoms with E-state index in [-0.39, 0.29) is 24.0 Å². The van der Waals surface area contributed by atoms with E-state index in [1.807, 2.05) is 30.3 Å². The molecule has 2 unspecified atom stereocenters. The highest BCUT2D eigenvalue weighted by Crippen LogP contribution is 2.38. The van der Waals surface area contributed by atoms with Crippen molar-refractivity contribution in [1.29, 1.82) is 0 Å². The molecule has 3 nitrogen and oxygen atoms in total. The highest BCUT2D eigenvalue weighted by Gasteiger charge is 2.32. The molecule has 18 heavy (non-hydrogen) atoms.